The first-order valence-electron chi connectivity index (χ1n) is 8.38. The molecule has 1 aliphatic heterocycles. The number of rotatable bonds is 9. The zero-order valence-electron chi connectivity index (χ0n) is 14.4. The molecule has 1 fully saturated rings. The third kappa shape index (κ3) is 5.94. The smallest absolute Gasteiger partial charge is 0.305 e. The summed E-state index contributed by atoms with van der Waals surface area (Å²) in [7, 11) is -2.12. The molecule has 8 nitrogen and oxygen atoms in total. The molecule has 1 saturated heterocycles. The molecule has 1 aromatic rings. The van der Waals surface area contributed by atoms with Gasteiger partial charge in [0.2, 0.25) is 10.0 Å². The van der Waals surface area contributed by atoms with Crippen molar-refractivity contribution in [1.82, 2.24) is 9.29 Å². The fourth-order valence-corrected chi connectivity index (χ4v) is 3.82. The highest BCUT2D eigenvalue weighted by molar-refractivity contribution is 7.89. The van der Waals surface area contributed by atoms with Gasteiger partial charge in [-0.25, -0.2) is 13.4 Å². The summed E-state index contributed by atoms with van der Waals surface area (Å²) in [5.41, 5.74) is 0. The van der Waals surface area contributed by atoms with Crippen LogP contribution in [0.4, 0.5) is 5.82 Å². The maximum Gasteiger partial charge on any atom is 0.305 e. The Morgan fingerprint density at radius 2 is 2.04 bits per heavy atom. The maximum absolute atomic E-state index is 12.5. The number of methoxy groups -OCH3 is 1. The van der Waals surface area contributed by atoms with Gasteiger partial charge in [0.25, 0.3) is 0 Å². The van der Waals surface area contributed by atoms with E-state index in [9.17, 15) is 13.2 Å². The lowest BCUT2D eigenvalue weighted by Gasteiger charge is -2.25. The molecule has 140 valence electrons. The Morgan fingerprint density at radius 1 is 1.28 bits per heavy atom. The zero-order chi connectivity index (χ0) is 18.1. The number of unbranched alkanes of at least 4 members (excludes halogenated alkanes) is 2. The number of hydrogen-bond acceptors (Lipinski definition) is 7. The summed E-state index contributed by atoms with van der Waals surface area (Å²) in [6.45, 7) is 2.29. The molecule has 1 aliphatic rings. The highest BCUT2D eigenvalue weighted by atomic mass is 32.2. The topological polar surface area (TPSA) is 97.8 Å². The first-order valence-corrected chi connectivity index (χ1v) is 9.82. The van der Waals surface area contributed by atoms with Crippen LogP contribution in [0.3, 0.4) is 0 Å². The standard InChI is InChI=1S/C16H25N3O5S/c1-23-16(20)5-3-2-4-8-17-15-7-6-14(13-18-15)25(21,22)19-9-11-24-12-10-19/h6-7,13H,2-5,8-12H2,1H3,(H,17,18). The van der Waals surface area contributed by atoms with Crippen LogP contribution >= 0.6 is 0 Å². The fraction of sp³-hybridized carbons (Fsp3) is 0.625. The number of ether oxygens (including phenoxy) is 2. The molecule has 0 amide bonds. The van der Waals surface area contributed by atoms with Crippen LogP contribution in [-0.2, 0) is 24.3 Å². The molecule has 0 radical (unpaired) electrons. The van der Waals surface area contributed by atoms with Crippen molar-refractivity contribution in [2.75, 3.05) is 45.3 Å². The summed E-state index contributed by atoms with van der Waals surface area (Å²) in [5, 5.41) is 3.15. The van der Waals surface area contributed by atoms with Gasteiger partial charge in [-0.1, -0.05) is 6.42 Å². The fourth-order valence-electron chi connectivity index (χ4n) is 2.46. The van der Waals surface area contributed by atoms with Gasteiger partial charge in [0.15, 0.2) is 0 Å². The summed E-state index contributed by atoms with van der Waals surface area (Å²) in [6.07, 6.45) is 4.41. The number of carbonyl (C=O) groups excluding carboxylic acids is 1. The van der Waals surface area contributed by atoms with Crippen molar-refractivity contribution >= 4 is 21.8 Å². The van der Waals surface area contributed by atoms with Crippen molar-refractivity contribution < 1.29 is 22.7 Å². The van der Waals surface area contributed by atoms with Crippen molar-refractivity contribution in [2.24, 2.45) is 0 Å². The lowest BCUT2D eigenvalue weighted by Crippen LogP contribution is -2.40. The number of aromatic nitrogens is 1. The van der Waals surface area contributed by atoms with E-state index in [-0.39, 0.29) is 10.9 Å². The number of hydrogen-bond donors (Lipinski definition) is 1. The number of pyridine rings is 1. The van der Waals surface area contributed by atoms with E-state index in [0.717, 1.165) is 19.3 Å². The molecule has 9 heteroatoms. The van der Waals surface area contributed by atoms with E-state index < -0.39 is 10.0 Å². The molecular formula is C16H25N3O5S. The molecule has 1 N–H and O–H groups in total. The van der Waals surface area contributed by atoms with Gasteiger partial charge in [-0.3, -0.25) is 4.79 Å². The molecule has 0 bridgehead atoms. The number of anilines is 1. The Morgan fingerprint density at radius 3 is 2.68 bits per heavy atom. The molecule has 0 atom stereocenters. The van der Waals surface area contributed by atoms with Crippen LogP contribution in [0, 0.1) is 0 Å². The van der Waals surface area contributed by atoms with Crippen molar-refractivity contribution in [3.05, 3.63) is 18.3 Å². The summed E-state index contributed by atoms with van der Waals surface area (Å²) in [5.74, 6) is 0.445. The Bertz CT molecular complexity index is 642. The van der Waals surface area contributed by atoms with Crippen LogP contribution in [0.5, 0.6) is 0 Å². The second-order valence-corrected chi connectivity index (χ2v) is 7.65. The third-order valence-electron chi connectivity index (χ3n) is 3.94. The zero-order valence-corrected chi connectivity index (χ0v) is 15.3. The molecule has 2 rings (SSSR count). The first kappa shape index (κ1) is 19.6. The van der Waals surface area contributed by atoms with Gasteiger partial charge in [0.05, 0.1) is 20.3 Å². The number of esters is 1. The molecule has 0 saturated carbocycles. The van der Waals surface area contributed by atoms with Gasteiger partial charge < -0.3 is 14.8 Å². The quantitative estimate of drug-likeness (QED) is 0.515. The van der Waals surface area contributed by atoms with E-state index in [4.69, 9.17) is 4.74 Å². The van der Waals surface area contributed by atoms with E-state index in [1.807, 2.05) is 0 Å². The second kappa shape index (κ2) is 9.69. The lowest BCUT2D eigenvalue weighted by atomic mass is 10.2. The molecule has 25 heavy (non-hydrogen) atoms. The molecule has 0 aliphatic carbocycles. The van der Waals surface area contributed by atoms with E-state index in [2.05, 4.69) is 15.0 Å². The van der Waals surface area contributed by atoms with Crippen molar-refractivity contribution in [3.63, 3.8) is 0 Å². The van der Waals surface area contributed by atoms with Gasteiger partial charge in [-0.15, -0.1) is 0 Å². The van der Waals surface area contributed by atoms with Crippen LogP contribution in [0.1, 0.15) is 25.7 Å². The average Bonchev–Trinajstić information content (AvgIpc) is 2.65. The van der Waals surface area contributed by atoms with Crippen LogP contribution in [0.2, 0.25) is 0 Å². The molecular weight excluding hydrogens is 346 g/mol. The number of carbonyl (C=O) groups is 1. The van der Waals surface area contributed by atoms with E-state index >= 15 is 0 Å². The maximum atomic E-state index is 12.5. The average molecular weight is 371 g/mol. The Kier molecular flexibility index (Phi) is 7.60. The molecule has 1 aromatic heterocycles. The summed E-state index contributed by atoms with van der Waals surface area (Å²) < 4.78 is 36.2. The van der Waals surface area contributed by atoms with Crippen LogP contribution in [-0.4, -0.2) is 63.6 Å². The first-order chi connectivity index (χ1) is 12.0. The van der Waals surface area contributed by atoms with E-state index in [1.165, 1.54) is 17.6 Å². The Hall–Kier alpha value is -1.71. The number of sulfonamides is 1. The van der Waals surface area contributed by atoms with Crippen LogP contribution in [0.25, 0.3) is 0 Å². The summed E-state index contributed by atoms with van der Waals surface area (Å²) >= 11 is 0. The number of morpholine rings is 1. The minimum atomic E-state index is -3.50. The Labute approximate surface area is 148 Å². The normalized spacial score (nSPS) is 15.7. The van der Waals surface area contributed by atoms with E-state index in [0.29, 0.717) is 45.1 Å². The number of nitrogens with zero attached hydrogens (tertiary/aromatic N) is 2. The van der Waals surface area contributed by atoms with Crippen molar-refractivity contribution in [1.29, 1.82) is 0 Å². The van der Waals surface area contributed by atoms with Gasteiger partial charge in [0.1, 0.15) is 10.7 Å². The van der Waals surface area contributed by atoms with Crippen molar-refractivity contribution in [3.8, 4) is 0 Å². The van der Waals surface area contributed by atoms with Gasteiger partial charge in [-0.2, -0.15) is 4.31 Å². The highest BCUT2D eigenvalue weighted by Crippen LogP contribution is 2.17. The monoisotopic (exact) mass is 371 g/mol. The van der Waals surface area contributed by atoms with Gasteiger partial charge in [-0.05, 0) is 25.0 Å². The molecule has 0 aromatic carbocycles. The van der Waals surface area contributed by atoms with Crippen molar-refractivity contribution in [2.45, 2.75) is 30.6 Å². The molecule has 2 heterocycles. The van der Waals surface area contributed by atoms with Crippen LogP contribution in [0.15, 0.2) is 23.2 Å². The predicted octanol–water partition coefficient (Wildman–Crippen LogP) is 1.25. The SMILES string of the molecule is COC(=O)CCCCCNc1ccc(S(=O)(=O)N2CCOCC2)cn1. The number of nitrogens with one attached hydrogen (secondary N) is 1. The van der Waals surface area contributed by atoms with Crippen LogP contribution < -0.4 is 5.32 Å². The van der Waals surface area contributed by atoms with Gasteiger partial charge >= 0.3 is 5.97 Å². The predicted molar refractivity (Wildman–Crippen MR) is 92.8 cm³/mol. The minimum absolute atomic E-state index is 0.188. The lowest BCUT2D eigenvalue weighted by molar-refractivity contribution is -0.140. The van der Waals surface area contributed by atoms with Gasteiger partial charge in [0, 0.05) is 32.3 Å². The summed E-state index contributed by atoms with van der Waals surface area (Å²) in [4.78, 5) is 15.4. The summed E-state index contributed by atoms with van der Waals surface area (Å²) in [6, 6.07) is 3.24. The third-order valence-corrected chi connectivity index (χ3v) is 5.82. The molecule has 0 spiro atoms. The molecule has 0 unspecified atom stereocenters. The second-order valence-electron chi connectivity index (χ2n) is 5.71. The largest absolute Gasteiger partial charge is 0.469 e. The minimum Gasteiger partial charge on any atom is -0.469 e. The Balaban J connectivity index is 1.77. The highest BCUT2D eigenvalue weighted by Gasteiger charge is 2.26. The van der Waals surface area contributed by atoms with E-state index in [1.54, 1.807) is 12.1 Å².